The first-order valence-corrected chi connectivity index (χ1v) is 8.31. The van der Waals surface area contributed by atoms with Gasteiger partial charge >= 0.3 is 42.2 Å². The molecular formula is C11H20F6NNaO3S. The smallest absolute Gasteiger partial charge is 1.00 e. The summed E-state index contributed by atoms with van der Waals surface area (Å²) in [6, 6.07) is 0. The monoisotopic (exact) mass is 383 g/mol. The van der Waals surface area contributed by atoms with Gasteiger partial charge in [0.15, 0.2) is 0 Å². The van der Waals surface area contributed by atoms with E-state index in [4.69, 9.17) is 4.55 Å². The van der Waals surface area contributed by atoms with E-state index in [2.05, 4.69) is 0 Å². The number of unbranched alkanes of at least 4 members (excludes halogenated alkanes) is 6. The molecule has 0 aliphatic carbocycles. The Bertz CT molecular complexity index is 405. The minimum Gasteiger partial charge on any atom is -1.00 e. The SMILES string of the molecule is O=S(=O)(O)CCCCCCCCCN(C(F)(F)F)C(F)(F)F.[H-].[Na+]. The molecule has 0 fully saturated rings. The fraction of sp³-hybridized carbons (Fsp3) is 1.00. The first-order chi connectivity index (χ1) is 9.84. The summed E-state index contributed by atoms with van der Waals surface area (Å²) in [5, 5.41) is 0. The van der Waals surface area contributed by atoms with Crippen LogP contribution in [0.1, 0.15) is 46.4 Å². The standard InChI is InChI=1S/C11H19F6NO3S.Na.H/c12-10(13,14)18(11(15,16)17)8-6-4-2-1-3-5-7-9-22(19,20)21;;/h1-9H2,(H,19,20,21);;/q;+1;-1. The molecule has 12 heteroatoms. The molecule has 0 saturated heterocycles. The second-order valence-corrected chi connectivity index (χ2v) is 6.42. The molecule has 0 amide bonds. The van der Waals surface area contributed by atoms with E-state index in [9.17, 15) is 34.8 Å². The number of halogens is 6. The van der Waals surface area contributed by atoms with E-state index in [0.29, 0.717) is 25.7 Å². The minimum absolute atomic E-state index is 0. The van der Waals surface area contributed by atoms with Gasteiger partial charge in [0.2, 0.25) is 0 Å². The summed E-state index contributed by atoms with van der Waals surface area (Å²) in [6.45, 7) is -1.13. The van der Waals surface area contributed by atoms with Gasteiger partial charge in [-0.15, -0.1) is 4.90 Å². The van der Waals surface area contributed by atoms with Crippen LogP contribution in [0, 0.1) is 0 Å². The van der Waals surface area contributed by atoms with E-state index in [1.165, 1.54) is 0 Å². The average Bonchev–Trinajstić information content (AvgIpc) is 2.26. The molecule has 136 valence electrons. The summed E-state index contributed by atoms with van der Waals surface area (Å²) in [6.07, 6.45) is -8.42. The Morgan fingerprint density at radius 1 is 0.783 bits per heavy atom. The maximum atomic E-state index is 12.2. The normalized spacial score (nSPS) is 13.2. The third-order valence-electron chi connectivity index (χ3n) is 2.90. The van der Waals surface area contributed by atoms with Gasteiger partial charge in [0.25, 0.3) is 10.1 Å². The Morgan fingerprint density at radius 3 is 1.48 bits per heavy atom. The van der Waals surface area contributed by atoms with Gasteiger partial charge in [0.1, 0.15) is 0 Å². The summed E-state index contributed by atoms with van der Waals surface area (Å²) in [5.74, 6) is -0.348. The van der Waals surface area contributed by atoms with Crippen molar-refractivity contribution in [1.82, 2.24) is 4.90 Å². The average molecular weight is 383 g/mol. The summed E-state index contributed by atoms with van der Waals surface area (Å²) in [7, 11) is -3.98. The first kappa shape index (κ1) is 25.7. The van der Waals surface area contributed by atoms with Crippen molar-refractivity contribution in [2.75, 3.05) is 12.3 Å². The van der Waals surface area contributed by atoms with Crippen molar-refractivity contribution in [3.8, 4) is 0 Å². The van der Waals surface area contributed by atoms with Gasteiger partial charge in [-0.3, -0.25) is 4.55 Å². The van der Waals surface area contributed by atoms with E-state index in [0.717, 1.165) is 0 Å². The largest absolute Gasteiger partial charge is 1.00 e. The fourth-order valence-corrected chi connectivity index (χ4v) is 2.40. The van der Waals surface area contributed by atoms with Gasteiger partial charge in [-0.25, -0.2) is 0 Å². The topological polar surface area (TPSA) is 57.6 Å². The Kier molecular flexibility index (Phi) is 12.4. The van der Waals surface area contributed by atoms with Crippen molar-refractivity contribution in [1.29, 1.82) is 0 Å². The third-order valence-corrected chi connectivity index (χ3v) is 3.70. The van der Waals surface area contributed by atoms with E-state index in [-0.39, 0.29) is 56.0 Å². The van der Waals surface area contributed by atoms with E-state index < -0.39 is 34.2 Å². The molecule has 1 N–H and O–H groups in total. The molecule has 0 aliphatic rings. The van der Waals surface area contributed by atoms with Crippen LogP contribution in [0.2, 0.25) is 0 Å². The predicted octanol–water partition coefficient (Wildman–Crippen LogP) is 1.06. The van der Waals surface area contributed by atoms with Gasteiger partial charge in [0, 0.05) is 6.54 Å². The van der Waals surface area contributed by atoms with Crippen LogP contribution in [0.3, 0.4) is 0 Å². The van der Waals surface area contributed by atoms with Gasteiger partial charge in [0.05, 0.1) is 5.75 Å². The van der Waals surface area contributed by atoms with Crippen LogP contribution in [0.25, 0.3) is 0 Å². The maximum Gasteiger partial charge on any atom is 1.00 e. The number of hydrogen-bond donors (Lipinski definition) is 1. The van der Waals surface area contributed by atoms with E-state index in [1.54, 1.807) is 0 Å². The van der Waals surface area contributed by atoms with Gasteiger partial charge in [-0.2, -0.15) is 34.8 Å². The zero-order valence-corrected chi connectivity index (χ0v) is 15.6. The van der Waals surface area contributed by atoms with Crippen LogP contribution < -0.4 is 29.6 Å². The molecule has 0 aromatic heterocycles. The Balaban J connectivity index is -0.00000220. The predicted molar refractivity (Wildman–Crippen MR) is 68.7 cm³/mol. The molecular weight excluding hydrogens is 363 g/mol. The molecule has 0 spiro atoms. The minimum atomic E-state index is -5.44. The quantitative estimate of drug-likeness (QED) is 0.202. The summed E-state index contributed by atoms with van der Waals surface area (Å²) in [4.78, 5) is -1.44. The molecule has 0 saturated carbocycles. The van der Waals surface area contributed by atoms with Crippen molar-refractivity contribution in [3.63, 3.8) is 0 Å². The van der Waals surface area contributed by atoms with Crippen LogP contribution in [-0.4, -0.2) is 42.8 Å². The first-order valence-electron chi connectivity index (χ1n) is 6.70. The fourth-order valence-electron chi connectivity index (χ4n) is 1.84. The summed E-state index contributed by atoms with van der Waals surface area (Å²) < 4.78 is 102. The molecule has 0 rings (SSSR count). The number of hydrogen-bond acceptors (Lipinski definition) is 3. The van der Waals surface area contributed by atoms with Crippen LogP contribution >= 0.6 is 0 Å². The molecule has 0 radical (unpaired) electrons. The second-order valence-electron chi connectivity index (χ2n) is 4.85. The molecule has 4 nitrogen and oxygen atoms in total. The Labute approximate surface area is 155 Å². The summed E-state index contributed by atoms with van der Waals surface area (Å²) >= 11 is 0. The summed E-state index contributed by atoms with van der Waals surface area (Å²) in [5.41, 5.74) is 0. The van der Waals surface area contributed by atoms with Crippen molar-refractivity contribution >= 4 is 10.1 Å². The van der Waals surface area contributed by atoms with E-state index >= 15 is 0 Å². The number of nitrogens with zero attached hydrogens (tertiary/aromatic N) is 1. The molecule has 0 bridgehead atoms. The Hall–Kier alpha value is 0.450. The molecule has 23 heavy (non-hydrogen) atoms. The second kappa shape index (κ2) is 11.1. The Morgan fingerprint density at radius 2 is 1.13 bits per heavy atom. The van der Waals surface area contributed by atoms with Crippen molar-refractivity contribution < 1.29 is 70.3 Å². The van der Waals surface area contributed by atoms with E-state index in [1.807, 2.05) is 0 Å². The molecule has 0 heterocycles. The van der Waals surface area contributed by atoms with Crippen LogP contribution in [0.4, 0.5) is 26.3 Å². The molecule has 0 aromatic carbocycles. The zero-order chi connectivity index (χ0) is 17.4. The molecule has 0 aromatic rings. The van der Waals surface area contributed by atoms with Crippen molar-refractivity contribution in [2.45, 2.75) is 57.5 Å². The van der Waals surface area contributed by atoms with Gasteiger partial charge in [-0.05, 0) is 12.8 Å². The van der Waals surface area contributed by atoms with Crippen LogP contribution in [0.15, 0.2) is 0 Å². The number of rotatable bonds is 10. The molecule has 0 unspecified atom stereocenters. The number of alkyl halides is 6. The van der Waals surface area contributed by atoms with Gasteiger partial charge < -0.3 is 1.43 Å². The van der Waals surface area contributed by atoms with Gasteiger partial charge in [-0.1, -0.05) is 32.1 Å². The molecule has 0 aliphatic heterocycles. The molecule has 0 atom stereocenters. The third kappa shape index (κ3) is 14.5. The van der Waals surface area contributed by atoms with Crippen molar-refractivity contribution in [3.05, 3.63) is 0 Å². The zero-order valence-electron chi connectivity index (χ0n) is 13.8. The maximum absolute atomic E-state index is 12.2. The van der Waals surface area contributed by atoms with Crippen LogP contribution in [0.5, 0.6) is 0 Å². The van der Waals surface area contributed by atoms with Crippen molar-refractivity contribution in [2.24, 2.45) is 0 Å². The van der Waals surface area contributed by atoms with Crippen LogP contribution in [-0.2, 0) is 10.1 Å².